The smallest absolute Gasteiger partial charge is 0.408 e. The standard InChI is InChI=1S/C17H35N5O4S.HI/c1-16(2,3)26-15(23)21-17(4,5)13-20-14(18-6)19-7-8-22-9-11-27(24,25)12-10-22;/h7-13H2,1-6H3,(H,21,23)(H2,18,19,20);1H. The predicted molar refractivity (Wildman–Crippen MR) is 123 cm³/mol. The van der Waals surface area contributed by atoms with Crippen LogP contribution in [-0.2, 0) is 14.6 Å². The molecular formula is C17H36IN5O4S. The van der Waals surface area contributed by atoms with Crippen molar-refractivity contribution in [1.29, 1.82) is 0 Å². The first-order valence-corrected chi connectivity index (χ1v) is 11.0. The van der Waals surface area contributed by atoms with E-state index >= 15 is 0 Å². The van der Waals surface area contributed by atoms with Gasteiger partial charge < -0.3 is 20.7 Å². The lowest BCUT2D eigenvalue weighted by Gasteiger charge is -2.30. The zero-order valence-electron chi connectivity index (χ0n) is 17.8. The number of aliphatic imine (C=N–C) groups is 1. The number of ether oxygens (including phenoxy) is 1. The van der Waals surface area contributed by atoms with Gasteiger partial charge in [0.25, 0.3) is 0 Å². The van der Waals surface area contributed by atoms with Crippen LogP contribution in [0.1, 0.15) is 34.6 Å². The Labute approximate surface area is 186 Å². The molecule has 0 radical (unpaired) electrons. The van der Waals surface area contributed by atoms with E-state index in [2.05, 4.69) is 25.8 Å². The first-order valence-electron chi connectivity index (χ1n) is 9.20. The Morgan fingerprint density at radius 1 is 1.11 bits per heavy atom. The Morgan fingerprint density at radius 3 is 2.18 bits per heavy atom. The van der Waals surface area contributed by atoms with Crippen LogP contribution in [0.3, 0.4) is 0 Å². The summed E-state index contributed by atoms with van der Waals surface area (Å²) in [7, 11) is -1.17. The van der Waals surface area contributed by atoms with E-state index in [0.717, 1.165) is 6.54 Å². The third kappa shape index (κ3) is 11.9. The molecule has 0 aromatic rings. The molecule has 1 aliphatic heterocycles. The number of sulfone groups is 1. The molecule has 1 aliphatic rings. The van der Waals surface area contributed by atoms with Crippen molar-refractivity contribution in [1.82, 2.24) is 20.9 Å². The van der Waals surface area contributed by atoms with Crippen molar-refractivity contribution in [2.45, 2.75) is 45.8 Å². The minimum Gasteiger partial charge on any atom is -0.444 e. The van der Waals surface area contributed by atoms with Gasteiger partial charge >= 0.3 is 6.09 Å². The van der Waals surface area contributed by atoms with Crippen LogP contribution >= 0.6 is 24.0 Å². The lowest BCUT2D eigenvalue weighted by molar-refractivity contribution is 0.0474. The van der Waals surface area contributed by atoms with Gasteiger partial charge in [-0.25, -0.2) is 13.2 Å². The maximum absolute atomic E-state index is 11.9. The second kappa shape index (κ2) is 11.4. The van der Waals surface area contributed by atoms with E-state index in [4.69, 9.17) is 4.74 Å². The highest BCUT2D eigenvalue weighted by Gasteiger charge is 2.25. The van der Waals surface area contributed by atoms with Gasteiger partial charge in [-0.15, -0.1) is 24.0 Å². The van der Waals surface area contributed by atoms with Gasteiger partial charge in [0.15, 0.2) is 15.8 Å². The number of rotatable bonds is 6. The predicted octanol–water partition coefficient (Wildman–Crippen LogP) is 0.803. The molecule has 0 bridgehead atoms. The average molecular weight is 533 g/mol. The molecule has 1 fully saturated rings. The summed E-state index contributed by atoms with van der Waals surface area (Å²) in [5, 5.41) is 9.22. The average Bonchev–Trinajstić information content (AvgIpc) is 2.49. The number of alkyl carbamates (subject to hydrolysis) is 1. The number of halogens is 1. The SMILES string of the molecule is CN=C(NCCN1CCS(=O)(=O)CC1)NCC(C)(C)NC(=O)OC(C)(C)C.I. The number of hydrogen-bond donors (Lipinski definition) is 3. The number of hydrogen-bond acceptors (Lipinski definition) is 6. The topological polar surface area (TPSA) is 112 Å². The van der Waals surface area contributed by atoms with Crippen LogP contribution < -0.4 is 16.0 Å². The van der Waals surface area contributed by atoms with E-state index in [-0.39, 0.29) is 35.5 Å². The molecule has 166 valence electrons. The Morgan fingerprint density at radius 2 is 1.68 bits per heavy atom. The zero-order valence-corrected chi connectivity index (χ0v) is 20.9. The molecule has 0 aromatic heterocycles. The van der Waals surface area contributed by atoms with Gasteiger partial charge in [0.2, 0.25) is 0 Å². The van der Waals surface area contributed by atoms with Crippen molar-refractivity contribution < 1.29 is 17.9 Å². The molecule has 1 rings (SSSR count). The summed E-state index contributed by atoms with van der Waals surface area (Å²) in [6, 6.07) is 0. The van der Waals surface area contributed by atoms with Crippen molar-refractivity contribution in [3.63, 3.8) is 0 Å². The molecule has 1 saturated heterocycles. The van der Waals surface area contributed by atoms with Crippen molar-refractivity contribution in [3.8, 4) is 0 Å². The highest BCUT2D eigenvalue weighted by atomic mass is 127. The molecule has 0 saturated carbocycles. The first-order chi connectivity index (χ1) is 12.3. The van der Waals surface area contributed by atoms with Gasteiger partial charge in [0, 0.05) is 39.8 Å². The van der Waals surface area contributed by atoms with Gasteiger partial charge in [-0.05, 0) is 34.6 Å². The summed E-state index contributed by atoms with van der Waals surface area (Å²) in [4.78, 5) is 18.2. The maximum Gasteiger partial charge on any atom is 0.408 e. The van der Waals surface area contributed by atoms with Crippen LogP contribution in [0.2, 0.25) is 0 Å². The van der Waals surface area contributed by atoms with Gasteiger partial charge in [0.05, 0.1) is 17.0 Å². The summed E-state index contributed by atoms with van der Waals surface area (Å²) in [5.74, 6) is 1.08. The number of nitrogens with one attached hydrogen (secondary N) is 3. The molecule has 3 N–H and O–H groups in total. The first kappa shape index (κ1) is 27.2. The molecule has 0 atom stereocenters. The minimum atomic E-state index is -2.85. The molecule has 1 amide bonds. The van der Waals surface area contributed by atoms with Gasteiger partial charge in [0.1, 0.15) is 5.60 Å². The Bertz CT molecular complexity index is 618. The van der Waals surface area contributed by atoms with Crippen LogP contribution in [0.5, 0.6) is 0 Å². The summed E-state index contributed by atoms with van der Waals surface area (Å²) in [6.45, 7) is 12.3. The van der Waals surface area contributed by atoms with Crippen LogP contribution in [0.15, 0.2) is 4.99 Å². The van der Waals surface area contributed by atoms with E-state index in [9.17, 15) is 13.2 Å². The number of guanidine groups is 1. The lowest BCUT2D eigenvalue weighted by Crippen LogP contribution is -2.54. The highest BCUT2D eigenvalue weighted by molar-refractivity contribution is 14.0. The van der Waals surface area contributed by atoms with Crippen LogP contribution in [0.25, 0.3) is 0 Å². The third-order valence-electron chi connectivity index (χ3n) is 3.92. The third-order valence-corrected chi connectivity index (χ3v) is 5.53. The number of amides is 1. The van der Waals surface area contributed by atoms with Crippen molar-refractivity contribution in [2.24, 2.45) is 4.99 Å². The molecule has 28 heavy (non-hydrogen) atoms. The summed E-state index contributed by atoms with van der Waals surface area (Å²) in [6.07, 6.45) is -0.461. The molecule has 0 spiro atoms. The monoisotopic (exact) mass is 533 g/mol. The van der Waals surface area contributed by atoms with E-state index < -0.39 is 27.1 Å². The molecule has 11 heteroatoms. The maximum atomic E-state index is 11.9. The molecule has 9 nitrogen and oxygen atoms in total. The van der Waals surface area contributed by atoms with Gasteiger partial charge in [-0.1, -0.05) is 0 Å². The Hall–Kier alpha value is -0.820. The lowest BCUT2D eigenvalue weighted by atomic mass is 10.1. The largest absolute Gasteiger partial charge is 0.444 e. The van der Waals surface area contributed by atoms with E-state index in [1.54, 1.807) is 7.05 Å². The van der Waals surface area contributed by atoms with E-state index in [1.807, 2.05) is 34.6 Å². The van der Waals surface area contributed by atoms with E-state index in [0.29, 0.717) is 32.1 Å². The second-order valence-electron chi connectivity index (χ2n) is 8.36. The molecule has 0 aliphatic carbocycles. The fourth-order valence-electron chi connectivity index (χ4n) is 2.46. The Kier molecular flexibility index (Phi) is 11.1. The van der Waals surface area contributed by atoms with Crippen LogP contribution in [-0.4, -0.2) is 87.8 Å². The summed E-state index contributed by atoms with van der Waals surface area (Å²) in [5.41, 5.74) is -1.07. The number of carbonyl (C=O) groups excluding carboxylic acids is 1. The zero-order chi connectivity index (χ0) is 20.7. The van der Waals surface area contributed by atoms with Gasteiger partial charge in [-0.2, -0.15) is 0 Å². The fraction of sp³-hybridized carbons (Fsp3) is 0.882. The molecule has 0 unspecified atom stereocenters. The summed E-state index contributed by atoms with van der Waals surface area (Å²) < 4.78 is 28.2. The normalized spacial score (nSPS) is 18.0. The molecule has 0 aromatic carbocycles. The second-order valence-corrected chi connectivity index (χ2v) is 10.7. The van der Waals surface area contributed by atoms with Crippen LogP contribution in [0, 0.1) is 0 Å². The molecule has 1 heterocycles. The molecular weight excluding hydrogens is 497 g/mol. The van der Waals surface area contributed by atoms with Crippen molar-refractivity contribution >= 4 is 45.9 Å². The number of carbonyl (C=O) groups is 1. The fourth-order valence-corrected chi connectivity index (χ4v) is 3.73. The van der Waals surface area contributed by atoms with E-state index in [1.165, 1.54) is 0 Å². The Balaban J connectivity index is 0.00000729. The van der Waals surface area contributed by atoms with Crippen molar-refractivity contribution in [3.05, 3.63) is 0 Å². The number of nitrogens with zero attached hydrogens (tertiary/aromatic N) is 2. The van der Waals surface area contributed by atoms with Crippen LogP contribution in [0.4, 0.5) is 4.79 Å². The quantitative estimate of drug-likeness (QED) is 0.263. The highest BCUT2D eigenvalue weighted by Crippen LogP contribution is 2.09. The van der Waals surface area contributed by atoms with Gasteiger partial charge in [-0.3, -0.25) is 9.89 Å². The van der Waals surface area contributed by atoms with Crippen molar-refractivity contribution in [2.75, 3.05) is 51.3 Å². The minimum absolute atomic E-state index is 0. The summed E-state index contributed by atoms with van der Waals surface area (Å²) >= 11 is 0.